The van der Waals surface area contributed by atoms with Gasteiger partial charge in [0, 0.05) is 0 Å². The third-order valence-electron chi connectivity index (χ3n) is 3.54. The molecule has 0 amide bonds. The van der Waals surface area contributed by atoms with Gasteiger partial charge in [0.2, 0.25) is 0 Å². The summed E-state index contributed by atoms with van der Waals surface area (Å²) in [5.41, 5.74) is 3.67. The zero-order chi connectivity index (χ0) is 12.0. The molecule has 1 aliphatic carbocycles. The van der Waals surface area contributed by atoms with Crippen LogP contribution in [0.3, 0.4) is 0 Å². The predicted molar refractivity (Wildman–Crippen MR) is 70.8 cm³/mol. The molecule has 3 nitrogen and oxygen atoms in total. The summed E-state index contributed by atoms with van der Waals surface area (Å²) in [6.07, 6.45) is 4.96. The molecule has 2 aliphatic rings. The molecule has 2 unspecified atom stereocenters. The van der Waals surface area contributed by atoms with Gasteiger partial charge in [-0.25, -0.2) is 5.43 Å². The first-order valence-electron chi connectivity index (χ1n) is 6.23. The lowest BCUT2D eigenvalue weighted by Gasteiger charge is -2.39. The number of nitrogens with one attached hydrogen (secondary N) is 2. The zero-order valence-corrected chi connectivity index (χ0v) is 11.6. The number of rotatable bonds is 0. The van der Waals surface area contributed by atoms with Gasteiger partial charge in [0.15, 0.2) is 5.11 Å². The summed E-state index contributed by atoms with van der Waals surface area (Å²) in [5.74, 6) is 0.775. The molecule has 92 valence electrons. The Kier molecular flexibility index (Phi) is 2.91. The fourth-order valence-corrected chi connectivity index (χ4v) is 3.31. The Balaban J connectivity index is 2.13. The van der Waals surface area contributed by atoms with E-state index in [0.717, 1.165) is 11.0 Å². The smallest absolute Gasteiger partial charge is 0.185 e. The number of hydrogen-bond donors (Lipinski definition) is 2. The fraction of sp³-hybridized carbons (Fsp3) is 0.917. The van der Waals surface area contributed by atoms with Gasteiger partial charge in [0.05, 0.1) is 5.54 Å². The van der Waals surface area contributed by atoms with E-state index in [2.05, 4.69) is 43.4 Å². The van der Waals surface area contributed by atoms with Crippen LogP contribution in [0.2, 0.25) is 0 Å². The summed E-state index contributed by atoms with van der Waals surface area (Å²) < 4.78 is 0. The molecule has 0 radical (unpaired) electrons. The third-order valence-corrected chi connectivity index (χ3v) is 3.83. The molecule has 4 heteroatoms. The number of hydrogen-bond acceptors (Lipinski definition) is 2. The first kappa shape index (κ1) is 12.1. The minimum absolute atomic E-state index is 0.0298. The van der Waals surface area contributed by atoms with Crippen molar-refractivity contribution in [2.75, 3.05) is 0 Å². The molecule has 1 spiro atoms. The number of nitrogens with zero attached hydrogens (tertiary/aromatic N) is 1. The van der Waals surface area contributed by atoms with E-state index in [1.165, 1.54) is 25.7 Å². The van der Waals surface area contributed by atoms with Crippen LogP contribution < -0.4 is 10.7 Å². The molecule has 0 aromatic heterocycles. The highest BCUT2D eigenvalue weighted by Crippen LogP contribution is 2.34. The van der Waals surface area contributed by atoms with Crippen LogP contribution in [0.1, 0.15) is 53.4 Å². The molecular formula is C12H23N3S. The van der Waals surface area contributed by atoms with Crippen LogP contribution >= 0.6 is 12.2 Å². The average molecular weight is 241 g/mol. The van der Waals surface area contributed by atoms with E-state index >= 15 is 0 Å². The first-order chi connectivity index (χ1) is 7.32. The summed E-state index contributed by atoms with van der Waals surface area (Å²) in [4.78, 5) is 0. The Morgan fingerprint density at radius 2 is 2.12 bits per heavy atom. The van der Waals surface area contributed by atoms with Gasteiger partial charge in [-0.1, -0.05) is 13.3 Å². The van der Waals surface area contributed by atoms with Crippen molar-refractivity contribution in [3.63, 3.8) is 0 Å². The highest BCUT2D eigenvalue weighted by molar-refractivity contribution is 7.80. The summed E-state index contributed by atoms with van der Waals surface area (Å²) in [5, 5.41) is 6.46. The second-order valence-corrected chi connectivity index (χ2v) is 6.72. The van der Waals surface area contributed by atoms with Gasteiger partial charge in [-0.15, -0.1) is 0 Å². The standard InChI is InChI=1S/C12H23N3S/c1-9-6-5-7-12(8-9)13-10(16)15(14-12)11(2,3)4/h9,14H,5-8H2,1-4H3,(H,13,16). The van der Waals surface area contributed by atoms with Crippen LogP contribution in [-0.4, -0.2) is 21.3 Å². The molecular weight excluding hydrogens is 218 g/mol. The van der Waals surface area contributed by atoms with Crippen molar-refractivity contribution in [3.8, 4) is 0 Å². The molecule has 1 aliphatic heterocycles. The highest BCUT2D eigenvalue weighted by Gasteiger charge is 2.45. The second kappa shape index (κ2) is 3.84. The van der Waals surface area contributed by atoms with Gasteiger partial charge in [0.1, 0.15) is 5.66 Å². The lowest BCUT2D eigenvalue weighted by molar-refractivity contribution is 0.0901. The van der Waals surface area contributed by atoms with E-state index in [9.17, 15) is 0 Å². The zero-order valence-electron chi connectivity index (χ0n) is 10.8. The molecule has 1 saturated carbocycles. The molecule has 2 rings (SSSR count). The average Bonchev–Trinajstić information content (AvgIpc) is 2.41. The minimum atomic E-state index is 0.0298. The highest BCUT2D eigenvalue weighted by atomic mass is 32.1. The molecule has 2 atom stereocenters. The molecule has 0 aromatic carbocycles. The van der Waals surface area contributed by atoms with E-state index in [4.69, 9.17) is 12.2 Å². The van der Waals surface area contributed by atoms with E-state index in [-0.39, 0.29) is 11.2 Å². The second-order valence-electron chi connectivity index (χ2n) is 6.33. The van der Waals surface area contributed by atoms with Gasteiger partial charge >= 0.3 is 0 Å². The maximum Gasteiger partial charge on any atom is 0.185 e. The monoisotopic (exact) mass is 241 g/mol. The Hall–Kier alpha value is -0.350. The maximum atomic E-state index is 5.43. The lowest BCUT2D eigenvalue weighted by Crippen LogP contribution is -2.56. The number of thiocarbonyl (C=S) groups is 1. The maximum absolute atomic E-state index is 5.43. The van der Waals surface area contributed by atoms with Gasteiger partial charge in [0.25, 0.3) is 0 Å². The van der Waals surface area contributed by atoms with Crippen molar-refractivity contribution in [2.24, 2.45) is 5.92 Å². The largest absolute Gasteiger partial charge is 0.342 e. The van der Waals surface area contributed by atoms with Crippen LogP contribution in [0.25, 0.3) is 0 Å². The Morgan fingerprint density at radius 1 is 1.44 bits per heavy atom. The Bertz CT molecular complexity index is 297. The molecule has 0 bridgehead atoms. The minimum Gasteiger partial charge on any atom is -0.342 e. The van der Waals surface area contributed by atoms with Gasteiger partial charge in [-0.3, -0.25) is 5.01 Å². The van der Waals surface area contributed by atoms with Crippen LogP contribution in [0.15, 0.2) is 0 Å². The summed E-state index contributed by atoms with van der Waals surface area (Å²) >= 11 is 5.43. The van der Waals surface area contributed by atoms with Crippen molar-refractivity contribution in [1.29, 1.82) is 0 Å². The summed E-state index contributed by atoms with van der Waals surface area (Å²) in [6, 6.07) is 0. The van der Waals surface area contributed by atoms with Crippen molar-refractivity contribution < 1.29 is 0 Å². The van der Waals surface area contributed by atoms with Crippen molar-refractivity contribution in [1.82, 2.24) is 15.8 Å². The lowest BCUT2D eigenvalue weighted by atomic mass is 9.83. The van der Waals surface area contributed by atoms with E-state index < -0.39 is 0 Å². The number of hydrazine groups is 1. The normalized spacial score (nSPS) is 35.6. The van der Waals surface area contributed by atoms with Crippen LogP contribution in [-0.2, 0) is 0 Å². The predicted octanol–water partition coefficient (Wildman–Crippen LogP) is 2.39. The van der Waals surface area contributed by atoms with E-state index in [0.29, 0.717) is 0 Å². The van der Waals surface area contributed by atoms with Gasteiger partial charge in [-0.2, -0.15) is 0 Å². The van der Waals surface area contributed by atoms with E-state index in [1.54, 1.807) is 0 Å². The van der Waals surface area contributed by atoms with Gasteiger partial charge < -0.3 is 5.32 Å². The molecule has 1 saturated heterocycles. The Labute approximate surface area is 104 Å². The topological polar surface area (TPSA) is 27.3 Å². The molecule has 0 aromatic rings. The molecule has 1 heterocycles. The third kappa shape index (κ3) is 2.18. The SMILES string of the molecule is CC1CCCC2(C1)NC(=S)N(C(C)(C)C)N2. The van der Waals surface area contributed by atoms with Crippen molar-refractivity contribution in [2.45, 2.75) is 64.6 Å². The quantitative estimate of drug-likeness (QED) is 0.637. The fourth-order valence-electron chi connectivity index (χ4n) is 2.79. The molecule has 2 N–H and O–H groups in total. The molecule has 2 fully saturated rings. The molecule has 16 heavy (non-hydrogen) atoms. The van der Waals surface area contributed by atoms with Crippen molar-refractivity contribution in [3.05, 3.63) is 0 Å². The first-order valence-corrected chi connectivity index (χ1v) is 6.63. The van der Waals surface area contributed by atoms with Crippen LogP contribution in [0, 0.1) is 5.92 Å². The van der Waals surface area contributed by atoms with E-state index in [1.807, 2.05) is 0 Å². The summed E-state index contributed by atoms with van der Waals surface area (Å²) in [6.45, 7) is 8.87. The Morgan fingerprint density at radius 3 is 2.62 bits per heavy atom. The van der Waals surface area contributed by atoms with Crippen LogP contribution in [0.4, 0.5) is 0 Å². The summed E-state index contributed by atoms with van der Waals surface area (Å²) in [7, 11) is 0. The van der Waals surface area contributed by atoms with Crippen LogP contribution in [0.5, 0.6) is 0 Å². The van der Waals surface area contributed by atoms with Crippen molar-refractivity contribution >= 4 is 17.3 Å². The van der Waals surface area contributed by atoms with Gasteiger partial charge in [-0.05, 0) is 58.2 Å².